The zero-order valence-corrected chi connectivity index (χ0v) is 44.0. The van der Waals surface area contributed by atoms with Gasteiger partial charge in [0, 0.05) is 105 Å². The van der Waals surface area contributed by atoms with E-state index in [1.807, 2.05) is 78.9 Å². The third-order valence-corrected chi connectivity index (χ3v) is 16.1. The van der Waals surface area contributed by atoms with E-state index in [-0.39, 0.29) is 11.9 Å². The second-order valence-electron chi connectivity index (χ2n) is 20.7. The first kappa shape index (κ1) is 47.7. The molecule has 4 aliphatic rings. The van der Waals surface area contributed by atoms with Crippen LogP contribution in [0.5, 0.6) is 23.0 Å². The molecule has 0 aliphatic carbocycles. The molecule has 0 saturated heterocycles. The molecule has 0 radical (unpaired) electrons. The van der Waals surface area contributed by atoms with Crippen molar-refractivity contribution in [3.8, 4) is 34.3 Å². The van der Waals surface area contributed by atoms with E-state index >= 15 is 0 Å². The summed E-state index contributed by atoms with van der Waals surface area (Å²) >= 11 is 0. The lowest BCUT2D eigenvalue weighted by Crippen LogP contribution is -2.34. The average Bonchev–Trinajstić information content (AvgIpc) is 3.99. The number of carbonyl (C=O) groups excluding carboxylic acids is 2. The highest BCUT2D eigenvalue weighted by Crippen LogP contribution is 2.59. The van der Waals surface area contributed by atoms with Crippen LogP contribution < -0.4 is 24.6 Å². The van der Waals surface area contributed by atoms with Crippen molar-refractivity contribution in [2.45, 2.75) is 65.6 Å². The lowest BCUT2D eigenvalue weighted by atomic mass is 9.76. The summed E-state index contributed by atoms with van der Waals surface area (Å²) in [7, 11) is 0. The molecule has 9 aromatic rings. The van der Waals surface area contributed by atoms with Crippen molar-refractivity contribution in [1.82, 2.24) is 9.97 Å². The molecule has 382 valence electrons. The molecule has 1 aromatic heterocycles. The van der Waals surface area contributed by atoms with E-state index in [4.69, 9.17) is 23.9 Å². The van der Waals surface area contributed by atoms with Crippen molar-refractivity contribution in [2.24, 2.45) is 0 Å². The van der Waals surface area contributed by atoms with Gasteiger partial charge < -0.3 is 34.1 Å². The van der Waals surface area contributed by atoms with Crippen LogP contribution in [0.3, 0.4) is 0 Å². The van der Waals surface area contributed by atoms with Crippen LogP contribution in [0.2, 0.25) is 0 Å². The van der Waals surface area contributed by atoms with Crippen molar-refractivity contribution < 1.29 is 28.5 Å². The van der Waals surface area contributed by atoms with Gasteiger partial charge in [0.15, 0.2) is 11.2 Å². The smallest absolute Gasteiger partial charge is 0.340 e. The van der Waals surface area contributed by atoms with Crippen LogP contribution in [0.15, 0.2) is 158 Å². The van der Waals surface area contributed by atoms with Crippen LogP contribution in [0, 0.1) is 27.7 Å². The van der Waals surface area contributed by atoms with Gasteiger partial charge in [-0.1, -0.05) is 72.3 Å². The van der Waals surface area contributed by atoms with Crippen LogP contribution >= 0.6 is 0 Å². The van der Waals surface area contributed by atoms with Crippen LogP contribution in [0.25, 0.3) is 22.2 Å². The quantitative estimate of drug-likeness (QED) is 0.0931. The van der Waals surface area contributed by atoms with Gasteiger partial charge in [0.1, 0.15) is 29.3 Å². The third-order valence-electron chi connectivity index (χ3n) is 16.1. The lowest BCUT2D eigenvalue weighted by molar-refractivity contribution is 0.0214. The molecule has 2 spiro atoms. The van der Waals surface area contributed by atoms with E-state index in [1.54, 1.807) is 6.33 Å². The summed E-state index contributed by atoms with van der Waals surface area (Å²) in [6.07, 6.45) is 3.46. The fraction of sp³-hybridized carbons (Fsp3) is 0.212. The number of hydrogen-bond donors (Lipinski definition) is 1. The average molecular weight is 1020 g/mol. The highest BCUT2D eigenvalue weighted by Gasteiger charge is 2.55. The van der Waals surface area contributed by atoms with Gasteiger partial charge in [-0.2, -0.15) is 0 Å². The summed E-state index contributed by atoms with van der Waals surface area (Å²) in [5.41, 5.74) is 14.2. The molecule has 2 unspecified atom stereocenters. The summed E-state index contributed by atoms with van der Waals surface area (Å²) < 4.78 is 27.0. The van der Waals surface area contributed by atoms with E-state index in [2.05, 4.69) is 134 Å². The standard InChI is InChI=1S/C66H57N5O6/c1-7-70(43-24-26-51-60(34-43)74-58-32-40(4)48(62-47-19-11-14-22-56(47)67-38-68-62)36-53(58)65(51)49-20-12-9-17-45(49)63(72)76-65)29-15-16-30-71(8-2)44-25-27-52-61(35-44)75-59-33-42(6)57(69-55-28-23-39(3)31-41(55)5)37-54(59)66(52)50-21-13-10-18-46(50)64(73)77-66/h9-14,17-28,31-38,69H,7-8,15-16,29-30H2,1-6H3. The molecule has 11 nitrogen and oxygen atoms in total. The van der Waals surface area contributed by atoms with Crippen LogP contribution in [-0.4, -0.2) is 48.1 Å². The van der Waals surface area contributed by atoms with E-state index in [1.165, 1.54) is 5.56 Å². The first-order chi connectivity index (χ1) is 37.5. The molecule has 1 N–H and O–H groups in total. The minimum atomic E-state index is -1.24. The number of aryl methyl sites for hydroxylation is 4. The van der Waals surface area contributed by atoms with Crippen molar-refractivity contribution in [1.29, 1.82) is 0 Å². The van der Waals surface area contributed by atoms with Gasteiger partial charge >= 0.3 is 11.9 Å². The predicted octanol–water partition coefficient (Wildman–Crippen LogP) is 14.5. The summed E-state index contributed by atoms with van der Waals surface area (Å²) in [5.74, 6) is 1.87. The zero-order valence-electron chi connectivity index (χ0n) is 44.0. The Morgan fingerprint density at radius 2 is 1.01 bits per heavy atom. The number of carbonyl (C=O) groups is 2. The number of nitrogens with one attached hydrogen (secondary N) is 1. The van der Waals surface area contributed by atoms with Gasteiger partial charge in [0.2, 0.25) is 0 Å². The molecule has 13 rings (SSSR count). The molecular weight excluding hydrogens is 959 g/mol. The maximum Gasteiger partial charge on any atom is 0.340 e. The Morgan fingerprint density at radius 1 is 0.481 bits per heavy atom. The Labute approximate surface area is 448 Å². The highest BCUT2D eigenvalue weighted by atomic mass is 16.6. The number of esters is 2. The minimum absolute atomic E-state index is 0.357. The fourth-order valence-electron chi connectivity index (χ4n) is 12.3. The minimum Gasteiger partial charge on any atom is -0.456 e. The molecule has 2 atom stereocenters. The third kappa shape index (κ3) is 7.53. The van der Waals surface area contributed by atoms with Crippen LogP contribution in [-0.2, 0) is 20.7 Å². The van der Waals surface area contributed by atoms with Crippen LogP contribution in [0.4, 0.5) is 22.7 Å². The molecule has 0 saturated carbocycles. The Bertz CT molecular complexity index is 3920. The van der Waals surface area contributed by atoms with Crippen LogP contribution in [0.1, 0.15) is 103 Å². The number of fused-ring (bicyclic) bond motifs is 13. The molecule has 0 fully saturated rings. The van der Waals surface area contributed by atoms with Gasteiger partial charge in [0.25, 0.3) is 0 Å². The van der Waals surface area contributed by atoms with E-state index in [0.717, 1.165) is 134 Å². The Balaban J connectivity index is 0.765. The number of ether oxygens (including phenoxy) is 4. The van der Waals surface area contributed by atoms with Gasteiger partial charge in [-0.15, -0.1) is 0 Å². The number of rotatable bonds is 12. The maximum atomic E-state index is 13.9. The topological polar surface area (TPSA) is 115 Å². The lowest BCUT2D eigenvalue weighted by Gasteiger charge is -2.38. The number of benzene rings is 8. The molecule has 0 bridgehead atoms. The number of unbranched alkanes of at least 4 members (excludes halogenated alkanes) is 1. The fourth-order valence-corrected chi connectivity index (χ4v) is 12.3. The largest absolute Gasteiger partial charge is 0.456 e. The summed E-state index contributed by atoms with van der Waals surface area (Å²) in [6.45, 7) is 15.9. The Morgan fingerprint density at radius 3 is 1.61 bits per heavy atom. The Kier molecular flexibility index (Phi) is 11.4. The van der Waals surface area contributed by atoms with Crippen molar-refractivity contribution in [3.05, 3.63) is 225 Å². The molecule has 8 aromatic carbocycles. The normalized spacial score (nSPS) is 17.1. The van der Waals surface area contributed by atoms with E-state index in [0.29, 0.717) is 34.1 Å². The number of anilines is 4. The first-order valence-corrected chi connectivity index (χ1v) is 26.6. The van der Waals surface area contributed by atoms with Crippen molar-refractivity contribution in [2.75, 3.05) is 41.3 Å². The van der Waals surface area contributed by atoms with E-state index in [9.17, 15) is 9.59 Å². The number of para-hydroxylation sites is 1. The Hall–Kier alpha value is -8.96. The van der Waals surface area contributed by atoms with Crippen molar-refractivity contribution >= 4 is 45.6 Å². The summed E-state index contributed by atoms with van der Waals surface area (Å²) in [6, 6.07) is 50.6. The first-order valence-electron chi connectivity index (χ1n) is 26.6. The number of aromatic nitrogens is 2. The zero-order chi connectivity index (χ0) is 52.7. The SMILES string of the molecule is CCN(CCCCN(CC)c1ccc2c(c1)Oc1cc(C)c(-c3ncnc4ccccc34)cc1C21OC(=O)c2ccccc21)c1ccc2c(c1)Oc1cc(C)c(Nc3ccc(C)cc3C)cc1C21OC(=O)c2ccccc21. The van der Waals surface area contributed by atoms with E-state index < -0.39 is 11.2 Å². The van der Waals surface area contributed by atoms with Gasteiger partial charge in [-0.25, -0.2) is 19.6 Å². The summed E-state index contributed by atoms with van der Waals surface area (Å²) in [4.78, 5) is 41.7. The number of nitrogens with zero attached hydrogens (tertiary/aromatic N) is 4. The van der Waals surface area contributed by atoms with Gasteiger partial charge in [0.05, 0.1) is 22.3 Å². The second-order valence-corrected chi connectivity index (χ2v) is 20.7. The van der Waals surface area contributed by atoms with Crippen molar-refractivity contribution in [3.63, 3.8) is 0 Å². The molecule has 11 heteroatoms. The molecule has 4 aliphatic heterocycles. The van der Waals surface area contributed by atoms with Gasteiger partial charge in [-0.05, 0) is 144 Å². The molecule has 0 amide bonds. The molecule has 5 heterocycles. The number of hydrogen-bond acceptors (Lipinski definition) is 11. The summed E-state index contributed by atoms with van der Waals surface area (Å²) in [5, 5.41) is 4.61. The molecular formula is C66H57N5O6. The monoisotopic (exact) mass is 1020 g/mol. The van der Waals surface area contributed by atoms with Gasteiger partial charge in [-0.3, -0.25) is 0 Å². The maximum absolute atomic E-state index is 13.9. The molecule has 77 heavy (non-hydrogen) atoms. The second kappa shape index (κ2) is 18.4. The predicted molar refractivity (Wildman–Crippen MR) is 302 cm³/mol. The highest BCUT2D eigenvalue weighted by molar-refractivity contribution is 5.99.